The summed E-state index contributed by atoms with van der Waals surface area (Å²) in [5.74, 6) is 0.0345. The molecule has 0 bridgehead atoms. The van der Waals surface area contributed by atoms with Gasteiger partial charge in [0, 0.05) is 26.5 Å². The van der Waals surface area contributed by atoms with Crippen molar-refractivity contribution in [2.75, 3.05) is 0 Å². The monoisotopic (exact) mass is 250 g/mol. The number of rotatable bonds is 3. The molecule has 2 heterocycles. The van der Waals surface area contributed by atoms with Crippen LogP contribution in [0.4, 0.5) is 0 Å². The van der Waals surface area contributed by atoms with Crippen molar-refractivity contribution >= 4 is 17.6 Å². The Morgan fingerprint density at radius 3 is 2.71 bits per heavy atom. The molecule has 0 saturated carbocycles. The number of aryl methyl sites for hydroxylation is 3. The van der Waals surface area contributed by atoms with Crippen molar-refractivity contribution in [3.05, 3.63) is 23.7 Å². The maximum Gasteiger partial charge on any atom is 0.174 e. The normalized spacial score (nSPS) is 10.8. The van der Waals surface area contributed by atoms with Crippen LogP contribution in [-0.2, 0) is 14.1 Å². The van der Waals surface area contributed by atoms with Crippen molar-refractivity contribution in [3.8, 4) is 0 Å². The van der Waals surface area contributed by atoms with E-state index in [1.54, 1.807) is 10.9 Å². The third kappa shape index (κ3) is 2.05. The summed E-state index contributed by atoms with van der Waals surface area (Å²) in [7, 11) is 3.76. The third-order valence-corrected chi connectivity index (χ3v) is 3.64. The highest BCUT2D eigenvalue weighted by atomic mass is 32.2. The molecule has 3 N–H and O–H groups in total. The first-order valence-electron chi connectivity index (χ1n) is 5.04. The number of hydrogen-bond donors (Lipinski definition) is 2. The van der Waals surface area contributed by atoms with Crippen LogP contribution in [0.1, 0.15) is 11.3 Å². The Morgan fingerprint density at radius 1 is 1.47 bits per heavy atom. The Hall–Kier alpha value is -1.76. The highest BCUT2D eigenvalue weighted by molar-refractivity contribution is 7.99. The van der Waals surface area contributed by atoms with E-state index in [-0.39, 0.29) is 5.84 Å². The van der Waals surface area contributed by atoms with Gasteiger partial charge in [-0.15, -0.1) is 0 Å². The Balaban J connectivity index is 2.45. The van der Waals surface area contributed by atoms with Crippen molar-refractivity contribution in [2.24, 2.45) is 19.8 Å². The molecule has 17 heavy (non-hydrogen) atoms. The number of nitrogens with two attached hydrogens (primary N) is 1. The van der Waals surface area contributed by atoms with Crippen molar-refractivity contribution in [2.45, 2.75) is 17.1 Å². The molecule has 0 aliphatic heterocycles. The van der Waals surface area contributed by atoms with Gasteiger partial charge in [0.25, 0.3) is 0 Å². The molecular weight excluding hydrogens is 236 g/mol. The minimum atomic E-state index is 0.0345. The van der Waals surface area contributed by atoms with Crippen LogP contribution < -0.4 is 5.73 Å². The summed E-state index contributed by atoms with van der Waals surface area (Å²) in [4.78, 5) is 4.24. The fourth-order valence-electron chi connectivity index (χ4n) is 1.60. The van der Waals surface area contributed by atoms with Crippen LogP contribution in [0.5, 0.6) is 0 Å². The van der Waals surface area contributed by atoms with Gasteiger partial charge < -0.3 is 10.3 Å². The highest BCUT2D eigenvalue weighted by Crippen LogP contribution is 2.29. The second kappa shape index (κ2) is 4.25. The van der Waals surface area contributed by atoms with Gasteiger partial charge >= 0.3 is 0 Å². The molecule has 90 valence electrons. The molecule has 0 aromatic carbocycles. The molecule has 0 amide bonds. The van der Waals surface area contributed by atoms with Crippen LogP contribution in [0.3, 0.4) is 0 Å². The zero-order valence-electron chi connectivity index (χ0n) is 9.93. The van der Waals surface area contributed by atoms with E-state index in [0.29, 0.717) is 5.56 Å². The van der Waals surface area contributed by atoms with Crippen LogP contribution in [0.15, 0.2) is 22.6 Å². The summed E-state index contributed by atoms with van der Waals surface area (Å²) in [6, 6.07) is 0. The van der Waals surface area contributed by atoms with E-state index in [0.717, 1.165) is 15.9 Å². The summed E-state index contributed by atoms with van der Waals surface area (Å²) in [5.41, 5.74) is 7.03. The maximum absolute atomic E-state index is 7.60. The molecule has 0 saturated heterocycles. The van der Waals surface area contributed by atoms with Crippen molar-refractivity contribution < 1.29 is 0 Å². The van der Waals surface area contributed by atoms with E-state index < -0.39 is 0 Å². The number of nitrogens with one attached hydrogen (secondary N) is 1. The van der Waals surface area contributed by atoms with Crippen LogP contribution in [0, 0.1) is 12.3 Å². The van der Waals surface area contributed by atoms with E-state index in [2.05, 4.69) is 10.1 Å². The first-order valence-corrected chi connectivity index (χ1v) is 5.85. The predicted molar refractivity (Wildman–Crippen MR) is 66.3 cm³/mol. The van der Waals surface area contributed by atoms with Gasteiger partial charge in [-0.25, -0.2) is 4.98 Å². The lowest BCUT2D eigenvalue weighted by Gasteiger charge is -2.04. The zero-order valence-corrected chi connectivity index (χ0v) is 10.7. The number of imidazole rings is 1. The molecule has 0 spiro atoms. The number of aromatic nitrogens is 4. The van der Waals surface area contributed by atoms with Crippen molar-refractivity contribution in [1.82, 2.24) is 19.3 Å². The molecule has 0 aliphatic rings. The molecule has 0 unspecified atom stereocenters. The van der Waals surface area contributed by atoms with Crippen LogP contribution in [-0.4, -0.2) is 25.2 Å². The molecule has 0 atom stereocenters. The zero-order chi connectivity index (χ0) is 12.6. The van der Waals surface area contributed by atoms with E-state index in [1.807, 2.05) is 31.8 Å². The van der Waals surface area contributed by atoms with Crippen LogP contribution >= 0.6 is 11.8 Å². The predicted octanol–water partition coefficient (Wildman–Crippen LogP) is 0.897. The average molecular weight is 250 g/mol. The highest BCUT2D eigenvalue weighted by Gasteiger charge is 2.18. The number of nitrogens with zero attached hydrogens (tertiary/aromatic N) is 4. The van der Waals surface area contributed by atoms with Gasteiger partial charge in [-0.05, 0) is 18.7 Å². The lowest BCUT2D eigenvalue weighted by atomic mass is 10.2. The Kier molecular flexibility index (Phi) is 2.93. The second-order valence-electron chi connectivity index (χ2n) is 3.73. The average Bonchev–Trinajstić information content (AvgIpc) is 2.73. The van der Waals surface area contributed by atoms with Gasteiger partial charge in [-0.1, -0.05) is 0 Å². The Labute approximate surface area is 103 Å². The quantitative estimate of drug-likeness (QED) is 0.626. The maximum atomic E-state index is 7.60. The van der Waals surface area contributed by atoms with E-state index in [4.69, 9.17) is 11.1 Å². The lowest BCUT2D eigenvalue weighted by Crippen LogP contribution is -2.13. The van der Waals surface area contributed by atoms with Gasteiger partial charge in [-0.3, -0.25) is 10.1 Å². The topological polar surface area (TPSA) is 85.5 Å². The SMILES string of the molecule is Cc1nn(C)c(Sc2nccn2C)c1C(=N)N. The first-order chi connectivity index (χ1) is 8.00. The summed E-state index contributed by atoms with van der Waals surface area (Å²) in [5, 5.41) is 13.6. The van der Waals surface area contributed by atoms with Crippen LogP contribution in [0.2, 0.25) is 0 Å². The smallest absolute Gasteiger partial charge is 0.174 e. The van der Waals surface area contributed by atoms with Gasteiger partial charge in [0.1, 0.15) is 10.9 Å². The molecule has 2 aromatic heterocycles. The number of nitrogen functional groups attached to an aromatic ring is 1. The molecule has 0 fully saturated rings. The lowest BCUT2D eigenvalue weighted by molar-refractivity contribution is 0.688. The molecule has 2 rings (SSSR count). The van der Waals surface area contributed by atoms with Crippen molar-refractivity contribution in [3.63, 3.8) is 0 Å². The molecule has 7 heteroatoms. The largest absolute Gasteiger partial charge is 0.384 e. The summed E-state index contributed by atoms with van der Waals surface area (Å²) >= 11 is 1.45. The van der Waals surface area contributed by atoms with Gasteiger partial charge in [-0.2, -0.15) is 5.10 Å². The van der Waals surface area contributed by atoms with E-state index >= 15 is 0 Å². The molecule has 6 nitrogen and oxygen atoms in total. The van der Waals surface area contributed by atoms with E-state index in [1.165, 1.54) is 11.8 Å². The first kappa shape index (κ1) is 11.7. The molecule has 0 aliphatic carbocycles. The molecule has 2 aromatic rings. The Morgan fingerprint density at radius 2 is 2.18 bits per heavy atom. The number of amidine groups is 1. The molecular formula is C10H14N6S. The minimum absolute atomic E-state index is 0.0345. The summed E-state index contributed by atoms with van der Waals surface area (Å²) in [6.07, 6.45) is 3.61. The fourth-order valence-corrected chi connectivity index (χ4v) is 2.62. The van der Waals surface area contributed by atoms with Crippen LogP contribution in [0.25, 0.3) is 0 Å². The summed E-state index contributed by atoms with van der Waals surface area (Å²) < 4.78 is 3.64. The van der Waals surface area contributed by atoms with Gasteiger partial charge in [0.15, 0.2) is 5.16 Å². The van der Waals surface area contributed by atoms with Gasteiger partial charge in [0.05, 0.1) is 11.3 Å². The van der Waals surface area contributed by atoms with E-state index in [9.17, 15) is 0 Å². The summed E-state index contributed by atoms with van der Waals surface area (Å²) in [6.45, 7) is 1.85. The van der Waals surface area contributed by atoms with Crippen molar-refractivity contribution in [1.29, 1.82) is 5.41 Å². The second-order valence-corrected chi connectivity index (χ2v) is 4.68. The Bertz CT molecular complexity index is 567. The van der Waals surface area contributed by atoms with Gasteiger partial charge in [0.2, 0.25) is 0 Å². The molecule has 0 radical (unpaired) electrons. The third-order valence-electron chi connectivity index (χ3n) is 2.40. The standard InChI is InChI=1S/C10H14N6S/c1-6-7(8(11)12)9(16(3)14-6)17-10-13-4-5-15(10)2/h4-5H,1-3H3,(H3,11,12). The minimum Gasteiger partial charge on any atom is -0.384 e. The number of hydrogen-bond acceptors (Lipinski definition) is 4. The fraction of sp³-hybridized carbons (Fsp3) is 0.300.